The monoisotopic (exact) mass is 440 g/mol. The third-order valence-corrected chi connectivity index (χ3v) is 12.3. The molecule has 0 bridgehead atoms. The molecule has 6 unspecified atom stereocenters. The molecular formula is C32H56. The van der Waals surface area contributed by atoms with E-state index in [4.69, 9.17) is 0 Å². The molecule has 4 aliphatic rings. The van der Waals surface area contributed by atoms with Crippen molar-refractivity contribution in [2.45, 2.75) is 138 Å². The van der Waals surface area contributed by atoms with Crippen molar-refractivity contribution >= 4 is 0 Å². The molecule has 0 radical (unpaired) electrons. The molecule has 8 atom stereocenters. The van der Waals surface area contributed by atoms with Gasteiger partial charge in [0.05, 0.1) is 0 Å². The Morgan fingerprint density at radius 3 is 2.38 bits per heavy atom. The molecule has 0 saturated heterocycles. The fourth-order valence-corrected chi connectivity index (χ4v) is 9.74. The van der Waals surface area contributed by atoms with Crippen molar-refractivity contribution in [3.05, 3.63) is 11.6 Å². The Labute approximate surface area is 201 Å². The number of hydrogen-bond acceptors (Lipinski definition) is 0. The topological polar surface area (TPSA) is 0 Å². The van der Waals surface area contributed by atoms with Gasteiger partial charge in [-0.2, -0.15) is 0 Å². The molecular weight excluding hydrogens is 384 g/mol. The first-order valence-electron chi connectivity index (χ1n) is 14.8. The van der Waals surface area contributed by atoms with Gasteiger partial charge in [-0.3, -0.25) is 0 Å². The molecule has 32 heavy (non-hydrogen) atoms. The van der Waals surface area contributed by atoms with Crippen LogP contribution in [0.25, 0.3) is 0 Å². The molecule has 0 aromatic heterocycles. The highest BCUT2D eigenvalue weighted by molar-refractivity contribution is 5.25. The lowest BCUT2D eigenvalue weighted by Crippen LogP contribution is -2.52. The van der Waals surface area contributed by atoms with Crippen LogP contribution in [0.5, 0.6) is 0 Å². The second-order valence-corrected chi connectivity index (χ2v) is 14.1. The SMILES string of the molecule is CCCCC1CCC2(C)C(=CCC3C2CCC2(C)C3CC[C@]2(C)[C@H](C)CCCC(C)C)C1. The van der Waals surface area contributed by atoms with Gasteiger partial charge >= 0.3 is 0 Å². The summed E-state index contributed by atoms with van der Waals surface area (Å²) in [4.78, 5) is 0. The van der Waals surface area contributed by atoms with Gasteiger partial charge in [-0.05, 0) is 103 Å². The van der Waals surface area contributed by atoms with Crippen LogP contribution in [0.4, 0.5) is 0 Å². The summed E-state index contributed by atoms with van der Waals surface area (Å²) in [5, 5.41) is 0. The first-order chi connectivity index (χ1) is 15.2. The Balaban J connectivity index is 1.49. The van der Waals surface area contributed by atoms with E-state index in [1.54, 1.807) is 0 Å². The van der Waals surface area contributed by atoms with E-state index in [9.17, 15) is 0 Å². The van der Waals surface area contributed by atoms with E-state index in [-0.39, 0.29) is 0 Å². The highest BCUT2D eigenvalue weighted by Gasteiger charge is 2.63. The Kier molecular flexibility index (Phi) is 7.31. The number of unbranched alkanes of at least 4 members (excludes halogenated alkanes) is 1. The van der Waals surface area contributed by atoms with E-state index in [1.807, 2.05) is 5.57 Å². The molecule has 0 heteroatoms. The van der Waals surface area contributed by atoms with Crippen molar-refractivity contribution in [1.29, 1.82) is 0 Å². The number of hydrogen-bond donors (Lipinski definition) is 0. The first-order valence-corrected chi connectivity index (χ1v) is 14.8. The second kappa shape index (κ2) is 9.41. The van der Waals surface area contributed by atoms with Crippen molar-refractivity contribution in [3.8, 4) is 0 Å². The fourth-order valence-electron chi connectivity index (χ4n) is 9.74. The average Bonchev–Trinajstić information content (AvgIpc) is 3.04. The average molecular weight is 441 g/mol. The van der Waals surface area contributed by atoms with Crippen LogP contribution in [0.3, 0.4) is 0 Å². The lowest BCUT2D eigenvalue weighted by molar-refractivity contribution is -0.0868. The number of allylic oxidation sites excluding steroid dienone is 2. The zero-order chi connectivity index (χ0) is 23.1. The maximum Gasteiger partial charge on any atom is -0.00851 e. The number of fused-ring (bicyclic) bond motifs is 5. The van der Waals surface area contributed by atoms with E-state index in [0.717, 1.165) is 35.5 Å². The van der Waals surface area contributed by atoms with Crippen molar-refractivity contribution in [1.82, 2.24) is 0 Å². The minimum Gasteiger partial charge on any atom is -0.0845 e. The molecule has 0 spiro atoms. The number of rotatable bonds is 8. The molecule has 0 amide bonds. The smallest absolute Gasteiger partial charge is 0.00851 e. The van der Waals surface area contributed by atoms with Crippen molar-refractivity contribution in [3.63, 3.8) is 0 Å². The summed E-state index contributed by atoms with van der Waals surface area (Å²) in [6, 6.07) is 0. The highest BCUT2D eigenvalue weighted by atomic mass is 14.7. The summed E-state index contributed by atoms with van der Waals surface area (Å²) >= 11 is 0. The van der Waals surface area contributed by atoms with Crippen LogP contribution in [-0.4, -0.2) is 0 Å². The quantitative estimate of drug-likeness (QED) is 0.329. The molecule has 3 saturated carbocycles. The van der Waals surface area contributed by atoms with Crippen molar-refractivity contribution in [2.75, 3.05) is 0 Å². The first kappa shape index (κ1) is 24.9. The Morgan fingerprint density at radius 1 is 0.906 bits per heavy atom. The minimum atomic E-state index is 0.537. The van der Waals surface area contributed by atoms with Crippen LogP contribution in [-0.2, 0) is 0 Å². The van der Waals surface area contributed by atoms with E-state index >= 15 is 0 Å². The summed E-state index contributed by atoms with van der Waals surface area (Å²) < 4.78 is 0. The Morgan fingerprint density at radius 2 is 1.66 bits per heavy atom. The third kappa shape index (κ3) is 4.06. The maximum absolute atomic E-state index is 2.80. The molecule has 0 N–H and O–H groups in total. The maximum atomic E-state index is 2.80. The van der Waals surface area contributed by atoms with Crippen LogP contribution in [0.15, 0.2) is 11.6 Å². The summed E-state index contributed by atoms with van der Waals surface area (Å²) in [7, 11) is 0. The van der Waals surface area contributed by atoms with Crippen LogP contribution < -0.4 is 0 Å². The standard InChI is InChI=1S/C32H56/c1-8-9-13-25-16-19-30(5)26(22-25)14-15-27-28(30)17-21-32(7)29(27)18-20-31(32,6)24(4)12-10-11-23(2)3/h14,23-25,27-29H,8-13,15-22H2,1-7H3/t24-,25?,27?,28?,29?,30?,31-,32?/m1/s1. The van der Waals surface area contributed by atoms with E-state index in [1.165, 1.54) is 89.9 Å². The van der Waals surface area contributed by atoms with Gasteiger partial charge in [-0.1, -0.05) is 98.6 Å². The van der Waals surface area contributed by atoms with Gasteiger partial charge in [-0.25, -0.2) is 0 Å². The van der Waals surface area contributed by atoms with Gasteiger partial charge in [0, 0.05) is 0 Å². The molecule has 0 aromatic rings. The largest absolute Gasteiger partial charge is 0.0845 e. The lowest BCUT2D eigenvalue weighted by Gasteiger charge is -2.60. The van der Waals surface area contributed by atoms with Gasteiger partial charge < -0.3 is 0 Å². The lowest BCUT2D eigenvalue weighted by atomic mass is 9.44. The third-order valence-electron chi connectivity index (χ3n) is 12.3. The summed E-state index contributed by atoms with van der Waals surface area (Å²) in [6.45, 7) is 17.9. The molecule has 184 valence electrons. The molecule has 0 heterocycles. The minimum absolute atomic E-state index is 0.537. The van der Waals surface area contributed by atoms with Crippen LogP contribution in [0.1, 0.15) is 138 Å². The van der Waals surface area contributed by atoms with Crippen molar-refractivity contribution in [2.24, 2.45) is 51.8 Å². The van der Waals surface area contributed by atoms with Gasteiger partial charge in [0.25, 0.3) is 0 Å². The van der Waals surface area contributed by atoms with Crippen LogP contribution >= 0.6 is 0 Å². The second-order valence-electron chi connectivity index (χ2n) is 14.1. The molecule has 3 fully saturated rings. The zero-order valence-electron chi connectivity index (χ0n) is 22.9. The highest BCUT2D eigenvalue weighted by Crippen LogP contribution is 2.71. The van der Waals surface area contributed by atoms with Gasteiger partial charge in [0.1, 0.15) is 0 Å². The van der Waals surface area contributed by atoms with E-state index in [2.05, 4.69) is 54.5 Å². The predicted octanol–water partition coefficient (Wildman–Crippen LogP) is 10.2. The fraction of sp³-hybridized carbons (Fsp3) is 0.938. The van der Waals surface area contributed by atoms with Crippen LogP contribution in [0, 0.1) is 51.8 Å². The molecule has 0 aliphatic heterocycles. The normalized spacial score (nSPS) is 44.6. The van der Waals surface area contributed by atoms with Crippen LogP contribution in [0.2, 0.25) is 0 Å². The van der Waals surface area contributed by atoms with Gasteiger partial charge in [-0.15, -0.1) is 0 Å². The summed E-state index contributed by atoms with van der Waals surface area (Å²) in [6.07, 6.45) is 23.2. The molecule has 0 nitrogen and oxygen atoms in total. The molecule has 4 aliphatic carbocycles. The Hall–Kier alpha value is -0.260. The van der Waals surface area contributed by atoms with Gasteiger partial charge in [0.15, 0.2) is 0 Å². The van der Waals surface area contributed by atoms with E-state index < -0.39 is 0 Å². The summed E-state index contributed by atoms with van der Waals surface area (Å²) in [5.74, 6) is 5.66. The predicted molar refractivity (Wildman–Crippen MR) is 141 cm³/mol. The summed E-state index contributed by atoms with van der Waals surface area (Å²) in [5.41, 5.74) is 3.57. The Bertz CT molecular complexity index is 672. The van der Waals surface area contributed by atoms with Crippen molar-refractivity contribution < 1.29 is 0 Å². The zero-order valence-corrected chi connectivity index (χ0v) is 22.9. The molecule has 4 rings (SSSR count). The molecule has 0 aromatic carbocycles. The van der Waals surface area contributed by atoms with Gasteiger partial charge in [0.2, 0.25) is 0 Å². The van der Waals surface area contributed by atoms with E-state index in [0.29, 0.717) is 16.2 Å².